The van der Waals surface area contributed by atoms with E-state index in [1.165, 1.54) is 11.3 Å². The van der Waals surface area contributed by atoms with E-state index < -0.39 is 0 Å². The van der Waals surface area contributed by atoms with Crippen molar-refractivity contribution in [1.82, 2.24) is 4.90 Å². The zero-order valence-corrected chi connectivity index (χ0v) is 13.8. The molecule has 0 unspecified atom stereocenters. The van der Waals surface area contributed by atoms with Gasteiger partial charge in [-0.1, -0.05) is 28.9 Å². The number of amides is 1. The minimum Gasteiger partial charge on any atom is -0.397 e. The summed E-state index contributed by atoms with van der Waals surface area (Å²) < 4.78 is 2.07. The van der Waals surface area contributed by atoms with Gasteiger partial charge in [0.15, 0.2) is 0 Å². The molecule has 1 aromatic heterocycles. The summed E-state index contributed by atoms with van der Waals surface area (Å²) in [6.07, 6.45) is 3.24. The minimum atomic E-state index is 0.101. The number of fused-ring (bicyclic) bond motifs is 1. The fourth-order valence-electron chi connectivity index (χ4n) is 2.46. The highest BCUT2D eigenvalue weighted by Gasteiger charge is 2.34. The number of nitrogen functional groups attached to an aromatic ring is 1. The highest BCUT2D eigenvalue weighted by atomic mass is 79.9. The van der Waals surface area contributed by atoms with E-state index in [0.29, 0.717) is 16.6 Å². The molecular formula is C15H17BrN2OS. The van der Waals surface area contributed by atoms with E-state index in [0.717, 1.165) is 40.4 Å². The lowest BCUT2D eigenvalue weighted by Crippen LogP contribution is -2.33. The van der Waals surface area contributed by atoms with Crippen molar-refractivity contribution in [2.45, 2.75) is 32.2 Å². The number of benzene rings is 1. The van der Waals surface area contributed by atoms with Crippen molar-refractivity contribution in [3.63, 3.8) is 0 Å². The minimum absolute atomic E-state index is 0.101. The monoisotopic (exact) mass is 352 g/mol. The lowest BCUT2D eigenvalue weighted by atomic mass is 10.2. The summed E-state index contributed by atoms with van der Waals surface area (Å²) in [6.45, 7) is 2.93. The third-order valence-electron chi connectivity index (χ3n) is 3.60. The maximum Gasteiger partial charge on any atom is 0.266 e. The van der Waals surface area contributed by atoms with Crippen LogP contribution in [0.1, 0.15) is 35.9 Å². The average molecular weight is 353 g/mol. The molecule has 1 aromatic carbocycles. The number of carbonyl (C=O) groups excluding carboxylic acids is 1. The first-order chi connectivity index (χ1) is 9.61. The standard InChI is InChI=1S/C15H17BrN2OS/c1-2-7-18(10-4-5-10)15(19)14-13(17)11-6-3-9(16)8-12(11)20-14/h3,6,8,10H,2,4-5,7,17H2,1H3. The quantitative estimate of drug-likeness (QED) is 0.893. The molecule has 0 atom stereocenters. The van der Waals surface area contributed by atoms with Crippen LogP contribution < -0.4 is 5.73 Å². The molecule has 1 aliphatic rings. The summed E-state index contributed by atoms with van der Waals surface area (Å²) in [5.41, 5.74) is 6.82. The Morgan fingerprint density at radius 3 is 2.90 bits per heavy atom. The first-order valence-corrected chi connectivity index (χ1v) is 8.51. The van der Waals surface area contributed by atoms with Gasteiger partial charge in [-0.3, -0.25) is 4.79 Å². The van der Waals surface area contributed by atoms with Gasteiger partial charge in [-0.25, -0.2) is 0 Å². The van der Waals surface area contributed by atoms with E-state index in [4.69, 9.17) is 5.73 Å². The molecule has 5 heteroatoms. The molecule has 0 bridgehead atoms. The molecule has 1 aliphatic carbocycles. The second-order valence-corrected chi connectivity index (χ2v) is 7.18. The van der Waals surface area contributed by atoms with Crippen molar-refractivity contribution in [1.29, 1.82) is 0 Å². The molecular weight excluding hydrogens is 336 g/mol. The summed E-state index contributed by atoms with van der Waals surface area (Å²) in [5.74, 6) is 0.101. The summed E-state index contributed by atoms with van der Waals surface area (Å²) >= 11 is 4.96. The van der Waals surface area contributed by atoms with Crippen LogP contribution in [0.2, 0.25) is 0 Å². The van der Waals surface area contributed by atoms with E-state index in [2.05, 4.69) is 22.9 Å². The SMILES string of the molecule is CCCN(C(=O)c1sc2cc(Br)ccc2c1N)C1CC1. The Bertz CT molecular complexity index is 663. The summed E-state index contributed by atoms with van der Waals surface area (Å²) in [6, 6.07) is 6.39. The Morgan fingerprint density at radius 2 is 2.25 bits per heavy atom. The van der Waals surface area contributed by atoms with Crippen LogP contribution in [-0.4, -0.2) is 23.4 Å². The molecule has 0 spiro atoms. The van der Waals surface area contributed by atoms with Crippen molar-refractivity contribution < 1.29 is 4.79 Å². The van der Waals surface area contributed by atoms with Crippen LogP contribution in [0.25, 0.3) is 10.1 Å². The van der Waals surface area contributed by atoms with Crippen LogP contribution in [0, 0.1) is 0 Å². The predicted octanol–water partition coefficient (Wildman–Crippen LogP) is 4.26. The molecule has 1 amide bonds. The van der Waals surface area contributed by atoms with Crippen molar-refractivity contribution >= 4 is 48.9 Å². The first-order valence-electron chi connectivity index (χ1n) is 6.90. The zero-order valence-electron chi connectivity index (χ0n) is 11.4. The molecule has 3 nitrogen and oxygen atoms in total. The fraction of sp³-hybridized carbons (Fsp3) is 0.400. The van der Waals surface area contributed by atoms with Gasteiger partial charge in [0.2, 0.25) is 0 Å². The van der Waals surface area contributed by atoms with E-state index in [-0.39, 0.29) is 5.91 Å². The Hall–Kier alpha value is -1.07. The zero-order chi connectivity index (χ0) is 14.3. The first kappa shape index (κ1) is 13.9. The molecule has 2 N–H and O–H groups in total. The molecule has 106 valence electrons. The van der Waals surface area contributed by atoms with Gasteiger partial charge in [0, 0.05) is 27.1 Å². The second kappa shape index (κ2) is 5.37. The number of anilines is 1. The molecule has 0 aliphatic heterocycles. The molecule has 1 saturated carbocycles. The van der Waals surface area contributed by atoms with Gasteiger partial charge < -0.3 is 10.6 Å². The van der Waals surface area contributed by atoms with Gasteiger partial charge in [-0.05, 0) is 31.4 Å². The van der Waals surface area contributed by atoms with Gasteiger partial charge in [-0.15, -0.1) is 11.3 Å². The molecule has 1 heterocycles. The number of nitrogens with zero attached hydrogens (tertiary/aromatic N) is 1. The normalized spacial score (nSPS) is 14.7. The Kier molecular flexibility index (Phi) is 3.73. The number of hydrogen-bond acceptors (Lipinski definition) is 3. The third kappa shape index (κ3) is 2.44. The number of halogens is 1. The van der Waals surface area contributed by atoms with Crippen LogP contribution in [0.15, 0.2) is 22.7 Å². The van der Waals surface area contributed by atoms with Crippen LogP contribution >= 0.6 is 27.3 Å². The molecule has 20 heavy (non-hydrogen) atoms. The lowest BCUT2D eigenvalue weighted by molar-refractivity contribution is 0.0749. The Balaban J connectivity index is 2.00. The molecule has 2 aromatic rings. The van der Waals surface area contributed by atoms with Crippen LogP contribution in [0.3, 0.4) is 0 Å². The molecule has 3 rings (SSSR count). The van der Waals surface area contributed by atoms with Gasteiger partial charge in [-0.2, -0.15) is 0 Å². The summed E-state index contributed by atoms with van der Waals surface area (Å²) in [4.78, 5) is 15.4. The van der Waals surface area contributed by atoms with Gasteiger partial charge in [0.25, 0.3) is 5.91 Å². The smallest absolute Gasteiger partial charge is 0.266 e. The molecule has 0 radical (unpaired) electrons. The van der Waals surface area contributed by atoms with Gasteiger partial charge in [0.1, 0.15) is 4.88 Å². The van der Waals surface area contributed by atoms with Crippen LogP contribution in [0.4, 0.5) is 5.69 Å². The lowest BCUT2D eigenvalue weighted by Gasteiger charge is -2.21. The Morgan fingerprint density at radius 1 is 1.50 bits per heavy atom. The van der Waals surface area contributed by atoms with Crippen molar-refractivity contribution in [3.05, 3.63) is 27.5 Å². The maximum absolute atomic E-state index is 12.7. The number of thiophene rings is 1. The highest BCUT2D eigenvalue weighted by molar-refractivity contribution is 9.10. The van der Waals surface area contributed by atoms with Gasteiger partial charge >= 0.3 is 0 Å². The fourth-order valence-corrected chi connectivity index (χ4v) is 4.09. The highest BCUT2D eigenvalue weighted by Crippen LogP contribution is 2.38. The third-order valence-corrected chi connectivity index (χ3v) is 5.25. The van der Waals surface area contributed by atoms with Crippen LogP contribution in [-0.2, 0) is 0 Å². The van der Waals surface area contributed by atoms with E-state index in [1.54, 1.807) is 0 Å². The topological polar surface area (TPSA) is 46.3 Å². The summed E-state index contributed by atoms with van der Waals surface area (Å²) in [5, 5.41) is 0.980. The number of rotatable bonds is 4. The number of nitrogens with two attached hydrogens (primary N) is 1. The largest absolute Gasteiger partial charge is 0.397 e. The van der Waals surface area contributed by atoms with Gasteiger partial charge in [0.05, 0.1) is 5.69 Å². The van der Waals surface area contributed by atoms with E-state index >= 15 is 0 Å². The Labute approximate surface area is 130 Å². The van der Waals surface area contributed by atoms with E-state index in [1.807, 2.05) is 23.1 Å². The van der Waals surface area contributed by atoms with Crippen molar-refractivity contribution in [2.75, 3.05) is 12.3 Å². The van der Waals surface area contributed by atoms with Crippen molar-refractivity contribution in [2.24, 2.45) is 0 Å². The average Bonchev–Trinajstić information content (AvgIpc) is 3.20. The predicted molar refractivity (Wildman–Crippen MR) is 88.3 cm³/mol. The van der Waals surface area contributed by atoms with E-state index in [9.17, 15) is 4.79 Å². The maximum atomic E-state index is 12.7. The van der Waals surface area contributed by atoms with Crippen LogP contribution in [0.5, 0.6) is 0 Å². The number of hydrogen-bond donors (Lipinski definition) is 1. The van der Waals surface area contributed by atoms with Crippen molar-refractivity contribution in [3.8, 4) is 0 Å². The summed E-state index contributed by atoms with van der Waals surface area (Å²) in [7, 11) is 0. The molecule has 0 saturated heterocycles. The second-order valence-electron chi connectivity index (χ2n) is 5.22. The molecule has 1 fully saturated rings. The number of carbonyl (C=O) groups is 1.